The summed E-state index contributed by atoms with van der Waals surface area (Å²) in [6.07, 6.45) is 1.58. The Hall–Kier alpha value is -3.27. The van der Waals surface area contributed by atoms with Gasteiger partial charge >= 0.3 is 0 Å². The first-order chi connectivity index (χ1) is 14.0. The molecule has 10 nitrogen and oxygen atoms in total. The van der Waals surface area contributed by atoms with Crippen molar-refractivity contribution in [1.29, 1.82) is 0 Å². The number of imidazole rings is 1. The van der Waals surface area contributed by atoms with Gasteiger partial charge < -0.3 is 20.1 Å². The van der Waals surface area contributed by atoms with Gasteiger partial charge in [0.1, 0.15) is 16.9 Å². The van der Waals surface area contributed by atoms with E-state index in [4.69, 9.17) is 4.98 Å². The van der Waals surface area contributed by atoms with Crippen molar-refractivity contribution in [3.63, 3.8) is 0 Å². The van der Waals surface area contributed by atoms with Crippen LogP contribution in [0.15, 0.2) is 24.5 Å². The van der Waals surface area contributed by atoms with E-state index in [2.05, 4.69) is 25.2 Å². The zero-order valence-electron chi connectivity index (χ0n) is 16.3. The second kappa shape index (κ2) is 6.66. The molecular weight excluding hydrogens is 372 g/mol. The third kappa shape index (κ3) is 2.96. The van der Waals surface area contributed by atoms with Gasteiger partial charge in [0.15, 0.2) is 5.65 Å². The maximum absolute atomic E-state index is 11.6. The van der Waals surface area contributed by atoms with Crippen LogP contribution in [0.3, 0.4) is 0 Å². The number of nitrogens with zero attached hydrogens (tertiary/aromatic N) is 6. The fourth-order valence-electron chi connectivity index (χ4n) is 4.38. The van der Waals surface area contributed by atoms with E-state index < -0.39 is 0 Å². The molecular formula is C19H22N8O2. The molecule has 2 aliphatic heterocycles. The van der Waals surface area contributed by atoms with Crippen molar-refractivity contribution < 1.29 is 4.92 Å². The number of aromatic amines is 1. The molecule has 0 bridgehead atoms. The van der Waals surface area contributed by atoms with Crippen LogP contribution in [-0.2, 0) is 0 Å². The van der Waals surface area contributed by atoms with Crippen molar-refractivity contribution in [2.24, 2.45) is 11.8 Å². The summed E-state index contributed by atoms with van der Waals surface area (Å²) >= 11 is 0. The lowest BCUT2D eigenvalue weighted by Crippen LogP contribution is -2.27. The molecule has 1 aromatic carbocycles. The fraction of sp³-hybridized carbons (Fsp3) is 0.421. The Bertz CT molecular complexity index is 1080. The van der Waals surface area contributed by atoms with Gasteiger partial charge in [0, 0.05) is 51.9 Å². The van der Waals surface area contributed by atoms with Crippen LogP contribution in [0.25, 0.3) is 22.4 Å². The van der Waals surface area contributed by atoms with Gasteiger partial charge in [0.25, 0.3) is 5.69 Å². The van der Waals surface area contributed by atoms with Crippen molar-refractivity contribution in [2.45, 2.75) is 0 Å². The average molecular weight is 394 g/mol. The summed E-state index contributed by atoms with van der Waals surface area (Å²) in [5.74, 6) is 1.87. The smallest absolute Gasteiger partial charge is 0.293 e. The summed E-state index contributed by atoms with van der Waals surface area (Å²) in [6, 6.07) is 5.17. The molecule has 2 fully saturated rings. The van der Waals surface area contributed by atoms with Crippen molar-refractivity contribution >= 4 is 28.5 Å². The summed E-state index contributed by atoms with van der Waals surface area (Å²) in [5.41, 5.74) is 3.10. The van der Waals surface area contributed by atoms with E-state index in [0.717, 1.165) is 26.2 Å². The third-order valence-corrected chi connectivity index (χ3v) is 5.87. The minimum absolute atomic E-state index is 0.0399. The lowest BCUT2D eigenvalue weighted by atomic mass is 10.0. The van der Waals surface area contributed by atoms with Crippen LogP contribution in [0, 0.1) is 22.0 Å². The van der Waals surface area contributed by atoms with Crippen LogP contribution in [0.1, 0.15) is 0 Å². The van der Waals surface area contributed by atoms with Crippen molar-refractivity contribution in [1.82, 2.24) is 25.3 Å². The topological polar surface area (TPSA) is 116 Å². The van der Waals surface area contributed by atoms with Gasteiger partial charge in [-0.05, 0) is 17.9 Å². The third-order valence-electron chi connectivity index (χ3n) is 5.87. The van der Waals surface area contributed by atoms with Gasteiger partial charge in [-0.1, -0.05) is 6.07 Å². The van der Waals surface area contributed by atoms with E-state index in [1.165, 1.54) is 0 Å². The Labute approximate surface area is 167 Å². The van der Waals surface area contributed by atoms with Crippen LogP contribution in [0.4, 0.5) is 17.3 Å². The standard InChI is InChI=1S/C19H22N8O2/c1-25(2)14-4-3-11(5-15(14)27(28)29)16-17-18(22-10-21-17)24-19(23-16)26-8-12-6-20-7-13(12)9-26/h3-5,10,12-13,20H,6-9H2,1-2H3,(H,21,22,23,24). The molecule has 10 heteroatoms. The van der Waals surface area contributed by atoms with Gasteiger partial charge in [-0.25, -0.2) is 9.97 Å². The van der Waals surface area contributed by atoms with E-state index >= 15 is 0 Å². The van der Waals surface area contributed by atoms with Gasteiger partial charge in [-0.2, -0.15) is 4.98 Å². The number of rotatable bonds is 4. The second-order valence-corrected chi connectivity index (χ2v) is 7.91. The first kappa shape index (κ1) is 17.8. The minimum atomic E-state index is -0.364. The zero-order chi connectivity index (χ0) is 20.1. The van der Waals surface area contributed by atoms with E-state index in [9.17, 15) is 10.1 Å². The molecule has 2 aliphatic rings. The number of aromatic nitrogens is 4. The molecule has 2 N–H and O–H groups in total. The predicted octanol–water partition coefficient (Wildman–Crippen LogP) is 1.65. The normalized spacial score (nSPS) is 21.0. The Kier molecular flexibility index (Phi) is 4.09. The predicted molar refractivity (Wildman–Crippen MR) is 110 cm³/mol. The van der Waals surface area contributed by atoms with Crippen LogP contribution in [0.5, 0.6) is 0 Å². The first-order valence-corrected chi connectivity index (χ1v) is 9.64. The first-order valence-electron chi connectivity index (χ1n) is 9.64. The molecule has 5 rings (SSSR count). The van der Waals surface area contributed by atoms with E-state index in [1.807, 2.05) is 6.07 Å². The van der Waals surface area contributed by atoms with Gasteiger partial charge in [-0.3, -0.25) is 10.1 Å². The monoisotopic (exact) mass is 394 g/mol. The molecule has 2 atom stereocenters. The molecule has 4 heterocycles. The molecule has 0 saturated carbocycles. The van der Waals surface area contributed by atoms with E-state index in [-0.39, 0.29) is 10.6 Å². The molecule has 2 saturated heterocycles. The number of nitrogens with one attached hydrogen (secondary N) is 2. The molecule has 2 unspecified atom stereocenters. The summed E-state index contributed by atoms with van der Waals surface area (Å²) in [7, 11) is 3.58. The Morgan fingerprint density at radius 2 is 1.97 bits per heavy atom. The molecule has 29 heavy (non-hydrogen) atoms. The van der Waals surface area contributed by atoms with Crippen LogP contribution < -0.4 is 15.1 Å². The number of hydrogen-bond acceptors (Lipinski definition) is 8. The number of benzene rings is 1. The Morgan fingerprint density at radius 3 is 2.66 bits per heavy atom. The number of anilines is 2. The highest BCUT2D eigenvalue weighted by molar-refractivity contribution is 5.89. The maximum Gasteiger partial charge on any atom is 0.293 e. The molecule has 0 amide bonds. The summed E-state index contributed by atoms with van der Waals surface area (Å²) in [4.78, 5) is 32.1. The van der Waals surface area contributed by atoms with Gasteiger partial charge in [0.05, 0.1) is 11.3 Å². The van der Waals surface area contributed by atoms with Gasteiger partial charge in [0.2, 0.25) is 5.95 Å². The van der Waals surface area contributed by atoms with Crippen LogP contribution in [0.2, 0.25) is 0 Å². The maximum atomic E-state index is 11.6. The summed E-state index contributed by atoms with van der Waals surface area (Å²) in [5, 5.41) is 15.1. The SMILES string of the molecule is CN(C)c1ccc(-c2nc(N3CC4CNCC4C3)nc3[nH]cnc23)cc1[N+](=O)[O-]. The highest BCUT2D eigenvalue weighted by Gasteiger charge is 2.37. The molecule has 0 spiro atoms. The molecule has 150 valence electrons. The van der Waals surface area contributed by atoms with E-state index in [0.29, 0.717) is 45.9 Å². The Balaban J connectivity index is 1.61. The average Bonchev–Trinajstić information content (AvgIpc) is 3.42. The van der Waals surface area contributed by atoms with Crippen molar-refractivity contribution in [3.05, 3.63) is 34.6 Å². The highest BCUT2D eigenvalue weighted by Crippen LogP contribution is 2.35. The number of nitro groups is 1. The summed E-state index contributed by atoms with van der Waals surface area (Å²) in [6.45, 7) is 3.88. The number of hydrogen-bond donors (Lipinski definition) is 2. The number of nitro benzene ring substituents is 1. The van der Waals surface area contributed by atoms with E-state index in [1.54, 1.807) is 37.5 Å². The lowest BCUT2D eigenvalue weighted by molar-refractivity contribution is -0.384. The number of fused-ring (bicyclic) bond motifs is 2. The number of H-pyrrole nitrogens is 1. The molecule has 3 aromatic rings. The second-order valence-electron chi connectivity index (χ2n) is 7.91. The van der Waals surface area contributed by atoms with Gasteiger partial charge in [-0.15, -0.1) is 0 Å². The molecule has 0 radical (unpaired) electrons. The van der Waals surface area contributed by atoms with Crippen LogP contribution >= 0.6 is 0 Å². The quantitative estimate of drug-likeness (QED) is 0.507. The lowest BCUT2D eigenvalue weighted by Gasteiger charge is -2.18. The Morgan fingerprint density at radius 1 is 1.21 bits per heavy atom. The highest BCUT2D eigenvalue weighted by atomic mass is 16.6. The largest absolute Gasteiger partial charge is 0.372 e. The minimum Gasteiger partial charge on any atom is -0.372 e. The van der Waals surface area contributed by atoms with Crippen molar-refractivity contribution in [3.8, 4) is 11.3 Å². The zero-order valence-corrected chi connectivity index (χ0v) is 16.3. The fourth-order valence-corrected chi connectivity index (χ4v) is 4.38. The molecule has 2 aromatic heterocycles. The van der Waals surface area contributed by atoms with Crippen LogP contribution in [-0.4, -0.2) is 65.1 Å². The molecule has 0 aliphatic carbocycles. The summed E-state index contributed by atoms with van der Waals surface area (Å²) < 4.78 is 0. The van der Waals surface area contributed by atoms with Crippen molar-refractivity contribution in [2.75, 3.05) is 50.1 Å².